The average molecular weight is 259 g/mol. The molecule has 0 bridgehead atoms. The molecule has 0 heterocycles. The van der Waals surface area contributed by atoms with Crippen LogP contribution in [0, 0.1) is 5.92 Å². The minimum absolute atomic E-state index is 0.00792. The number of aryl methyl sites for hydroxylation is 1. The zero-order valence-corrected chi connectivity index (χ0v) is 12.1. The second-order valence-electron chi connectivity index (χ2n) is 5.75. The molecule has 3 unspecified atom stereocenters. The second-order valence-corrected chi connectivity index (χ2v) is 5.75. The van der Waals surface area contributed by atoms with Gasteiger partial charge >= 0.3 is 0 Å². The van der Waals surface area contributed by atoms with Crippen molar-refractivity contribution >= 4 is 5.78 Å². The van der Waals surface area contributed by atoms with E-state index in [2.05, 4.69) is 25.1 Å². The van der Waals surface area contributed by atoms with Crippen LogP contribution in [0.15, 0.2) is 24.3 Å². The number of rotatable bonds is 4. The highest BCUT2D eigenvalue weighted by Crippen LogP contribution is 2.37. The van der Waals surface area contributed by atoms with Gasteiger partial charge in [0.25, 0.3) is 0 Å². The van der Waals surface area contributed by atoms with Gasteiger partial charge in [-0.25, -0.2) is 0 Å². The summed E-state index contributed by atoms with van der Waals surface area (Å²) in [7, 11) is 0. The molecular weight excluding hydrogens is 234 g/mol. The normalized spacial score (nSPS) is 25.0. The van der Waals surface area contributed by atoms with Crippen LogP contribution < -0.4 is 5.73 Å². The Morgan fingerprint density at radius 1 is 1.32 bits per heavy atom. The second kappa shape index (κ2) is 6.33. The zero-order chi connectivity index (χ0) is 13.8. The summed E-state index contributed by atoms with van der Waals surface area (Å²) < 4.78 is 0. The van der Waals surface area contributed by atoms with Crippen molar-refractivity contribution in [3.63, 3.8) is 0 Å². The first-order valence-electron chi connectivity index (χ1n) is 7.49. The molecule has 3 atom stereocenters. The van der Waals surface area contributed by atoms with E-state index in [1.165, 1.54) is 24.0 Å². The highest BCUT2D eigenvalue weighted by atomic mass is 16.1. The Bertz CT molecular complexity index is 441. The third-order valence-corrected chi connectivity index (χ3v) is 4.51. The van der Waals surface area contributed by atoms with E-state index >= 15 is 0 Å². The molecular formula is C17H25NO. The van der Waals surface area contributed by atoms with E-state index < -0.39 is 0 Å². The minimum Gasteiger partial charge on any atom is -0.327 e. The van der Waals surface area contributed by atoms with Gasteiger partial charge in [0.05, 0.1) is 0 Å². The number of nitrogens with two attached hydrogens (primary N) is 1. The molecule has 2 N–H and O–H groups in total. The Morgan fingerprint density at radius 3 is 2.63 bits per heavy atom. The lowest BCUT2D eigenvalue weighted by Crippen LogP contribution is -2.39. The molecule has 0 aliphatic heterocycles. The fourth-order valence-corrected chi connectivity index (χ4v) is 3.51. The van der Waals surface area contributed by atoms with E-state index in [9.17, 15) is 4.79 Å². The Hall–Kier alpha value is -1.15. The summed E-state index contributed by atoms with van der Waals surface area (Å²) in [6.07, 6.45) is 5.53. The van der Waals surface area contributed by atoms with Crippen LogP contribution in [-0.2, 0) is 11.2 Å². The molecule has 0 saturated heterocycles. The van der Waals surface area contributed by atoms with Crippen molar-refractivity contribution in [2.24, 2.45) is 11.7 Å². The molecule has 2 heteroatoms. The van der Waals surface area contributed by atoms with Gasteiger partial charge < -0.3 is 5.73 Å². The Balaban J connectivity index is 2.36. The molecule has 1 aliphatic rings. The monoisotopic (exact) mass is 259 g/mol. The fourth-order valence-electron chi connectivity index (χ4n) is 3.51. The van der Waals surface area contributed by atoms with Gasteiger partial charge in [-0.15, -0.1) is 0 Å². The van der Waals surface area contributed by atoms with Crippen molar-refractivity contribution in [2.75, 3.05) is 0 Å². The SMILES string of the molecule is CCc1ccccc1C(C(C)=O)C1CCCCC1N. The van der Waals surface area contributed by atoms with Gasteiger partial charge in [0.1, 0.15) is 5.78 Å². The van der Waals surface area contributed by atoms with Gasteiger partial charge in [-0.3, -0.25) is 4.79 Å². The Kier molecular flexibility index (Phi) is 4.76. The van der Waals surface area contributed by atoms with Gasteiger partial charge in [0, 0.05) is 12.0 Å². The van der Waals surface area contributed by atoms with Crippen LogP contribution in [0.2, 0.25) is 0 Å². The van der Waals surface area contributed by atoms with Crippen molar-refractivity contribution in [3.05, 3.63) is 35.4 Å². The van der Waals surface area contributed by atoms with Crippen LogP contribution in [0.3, 0.4) is 0 Å². The highest BCUT2D eigenvalue weighted by molar-refractivity contribution is 5.84. The molecule has 1 aromatic rings. The van der Waals surface area contributed by atoms with E-state index in [1.54, 1.807) is 6.92 Å². The van der Waals surface area contributed by atoms with Gasteiger partial charge in [-0.05, 0) is 43.2 Å². The first-order chi connectivity index (χ1) is 9.15. The van der Waals surface area contributed by atoms with E-state index in [1.807, 2.05) is 6.07 Å². The maximum absolute atomic E-state index is 12.2. The number of benzene rings is 1. The molecule has 0 amide bonds. The van der Waals surface area contributed by atoms with Gasteiger partial charge in [0.2, 0.25) is 0 Å². The molecule has 19 heavy (non-hydrogen) atoms. The molecule has 1 fully saturated rings. The molecule has 0 aromatic heterocycles. The van der Waals surface area contributed by atoms with Crippen molar-refractivity contribution in [2.45, 2.75) is 57.9 Å². The standard InChI is InChI=1S/C17H25NO/c1-3-13-8-4-5-9-14(13)17(12(2)19)15-10-6-7-11-16(15)18/h4-5,8-9,15-17H,3,6-7,10-11,18H2,1-2H3. The predicted molar refractivity (Wildman–Crippen MR) is 79.2 cm³/mol. The number of hydrogen-bond acceptors (Lipinski definition) is 2. The third-order valence-electron chi connectivity index (χ3n) is 4.51. The number of hydrogen-bond donors (Lipinski definition) is 1. The molecule has 0 radical (unpaired) electrons. The maximum Gasteiger partial charge on any atom is 0.137 e. The Morgan fingerprint density at radius 2 is 2.00 bits per heavy atom. The third kappa shape index (κ3) is 3.06. The molecule has 104 valence electrons. The first-order valence-corrected chi connectivity index (χ1v) is 7.49. The smallest absolute Gasteiger partial charge is 0.137 e. The summed E-state index contributed by atoms with van der Waals surface area (Å²) in [6.45, 7) is 3.87. The van der Waals surface area contributed by atoms with Crippen molar-refractivity contribution in [1.29, 1.82) is 0 Å². The molecule has 0 spiro atoms. The summed E-state index contributed by atoms with van der Waals surface area (Å²) in [5.41, 5.74) is 8.79. The predicted octanol–water partition coefficient (Wildman–Crippen LogP) is 3.44. The average Bonchev–Trinajstić information content (AvgIpc) is 2.41. The minimum atomic E-state index is -0.00792. The van der Waals surface area contributed by atoms with Gasteiger partial charge in [-0.1, -0.05) is 44.0 Å². The lowest BCUT2D eigenvalue weighted by atomic mass is 9.71. The quantitative estimate of drug-likeness (QED) is 0.900. The molecule has 1 saturated carbocycles. The van der Waals surface area contributed by atoms with Crippen molar-refractivity contribution in [3.8, 4) is 0 Å². The largest absolute Gasteiger partial charge is 0.327 e. The number of carbonyl (C=O) groups excluding carboxylic acids is 1. The first kappa shape index (κ1) is 14.3. The van der Waals surface area contributed by atoms with Crippen LogP contribution in [0.1, 0.15) is 56.6 Å². The van der Waals surface area contributed by atoms with Crippen LogP contribution >= 0.6 is 0 Å². The van der Waals surface area contributed by atoms with Crippen LogP contribution in [0.5, 0.6) is 0 Å². The highest BCUT2D eigenvalue weighted by Gasteiger charge is 2.34. The maximum atomic E-state index is 12.2. The van der Waals surface area contributed by atoms with Crippen LogP contribution in [0.25, 0.3) is 0 Å². The number of carbonyl (C=O) groups is 1. The molecule has 1 aromatic carbocycles. The van der Waals surface area contributed by atoms with E-state index in [4.69, 9.17) is 5.73 Å². The Labute approximate surface area is 116 Å². The van der Waals surface area contributed by atoms with Crippen LogP contribution in [0.4, 0.5) is 0 Å². The van der Waals surface area contributed by atoms with E-state index in [-0.39, 0.29) is 17.7 Å². The van der Waals surface area contributed by atoms with Crippen LogP contribution in [-0.4, -0.2) is 11.8 Å². The summed E-state index contributed by atoms with van der Waals surface area (Å²) in [6, 6.07) is 8.53. The topological polar surface area (TPSA) is 43.1 Å². The van der Waals surface area contributed by atoms with E-state index in [0.29, 0.717) is 5.92 Å². The van der Waals surface area contributed by atoms with E-state index in [0.717, 1.165) is 19.3 Å². The zero-order valence-electron chi connectivity index (χ0n) is 12.1. The lowest BCUT2D eigenvalue weighted by molar-refractivity contribution is -0.120. The summed E-state index contributed by atoms with van der Waals surface area (Å²) >= 11 is 0. The number of ketones is 1. The summed E-state index contributed by atoms with van der Waals surface area (Å²) in [5, 5.41) is 0. The van der Waals surface area contributed by atoms with Gasteiger partial charge in [0.15, 0.2) is 0 Å². The summed E-state index contributed by atoms with van der Waals surface area (Å²) in [5.74, 6) is 0.577. The van der Waals surface area contributed by atoms with Crippen molar-refractivity contribution in [1.82, 2.24) is 0 Å². The van der Waals surface area contributed by atoms with Crippen molar-refractivity contribution < 1.29 is 4.79 Å². The summed E-state index contributed by atoms with van der Waals surface area (Å²) in [4.78, 5) is 12.2. The van der Waals surface area contributed by atoms with Gasteiger partial charge in [-0.2, -0.15) is 0 Å². The molecule has 1 aliphatic carbocycles. The molecule has 2 nitrogen and oxygen atoms in total. The fraction of sp³-hybridized carbons (Fsp3) is 0.588. The lowest BCUT2D eigenvalue weighted by Gasteiger charge is -2.35. The molecule has 2 rings (SSSR count). The number of Topliss-reactive ketones (excluding diaryl/α,β-unsaturated/α-hetero) is 1.